The summed E-state index contributed by atoms with van der Waals surface area (Å²) in [5.41, 5.74) is 6.32. The van der Waals surface area contributed by atoms with E-state index in [0.717, 1.165) is 6.54 Å². The number of carbonyl (C=O) groups is 1. The smallest absolute Gasteiger partial charge is 0.218 e. The highest BCUT2D eigenvalue weighted by Gasteiger charge is 2.02. The predicted octanol–water partition coefficient (Wildman–Crippen LogP) is 2.38. The maximum absolute atomic E-state index is 10.6. The molecule has 0 aliphatic carbocycles. The van der Waals surface area contributed by atoms with E-state index in [2.05, 4.69) is 29.6 Å². The van der Waals surface area contributed by atoms with Gasteiger partial charge in [-0.1, -0.05) is 30.3 Å². The molecule has 1 heterocycles. The van der Waals surface area contributed by atoms with Crippen molar-refractivity contribution in [3.05, 3.63) is 47.3 Å². The van der Waals surface area contributed by atoms with E-state index in [1.54, 1.807) is 11.3 Å². The van der Waals surface area contributed by atoms with E-state index in [0.29, 0.717) is 13.0 Å². The number of nitrogens with one attached hydrogen (secondary N) is 1. The monoisotopic (exact) mass is 260 g/mol. The summed E-state index contributed by atoms with van der Waals surface area (Å²) in [6.07, 6.45) is 0.386. The molecule has 0 radical (unpaired) electrons. The molecular formula is C14H16N2OS. The first-order chi connectivity index (χ1) is 8.75. The Morgan fingerprint density at radius 2 is 1.94 bits per heavy atom. The SMILES string of the molecule is NC(=O)CCNCc1ccc(-c2ccccc2)s1. The normalized spacial score (nSPS) is 10.4. The topological polar surface area (TPSA) is 55.1 Å². The van der Waals surface area contributed by atoms with Crippen LogP contribution < -0.4 is 11.1 Å². The van der Waals surface area contributed by atoms with Gasteiger partial charge in [0.25, 0.3) is 0 Å². The molecule has 0 spiro atoms. The third kappa shape index (κ3) is 3.68. The van der Waals surface area contributed by atoms with Crippen molar-refractivity contribution in [3.8, 4) is 10.4 Å². The summed E-state index contributed by atoms with van der Waals surface area (Å²) < 4.78 is 0. The van der Waals surface area contributed by atoms with Crippen LogP contribution in [-0.2, 0) is 11.3 Å². The number of hydrogen-bond acceptors (Lipinski definition) is 3. The third-order valence-corrected chi connectivity index (χ3v) is 3.70. The average Bonchev–Trinajstić information content (AvgIpc) is 2.84. The molecule has 0 saturated heterocycles. The molecule has 18 heavy (non-hydrogen) atoms. The van der Waals surface area contributed by atoms with Crippen LogP contribution in [0.5, 0.6) is 0 Å². The summed E-state index contributed by atoms with van der Waals surface area (Å²) in [7, 11) is 0. The molecule has 94 valence electrons. The van der Waals surface area contributed by atoms with E-state index in [-0.39, 0.29) is 5.91 Å². The summed E-state index contributed by atoms with van der Waals surface area (Å²) in [6, 6.07) is 14.6. The minimum atomic E-state index is -0.265. The molecule has 0 bridgehead atoms. The summed E-state index contributed by atoms with van der Waals surface area (Å²) >= 11 is 1.77. The number of benzene rings is 1. The van der Waals surface area contributed by atoms with Gasteiger partial charge < -0.3 is 11.1 Å². The van der Waals surface area contributed by atoms with Crippen molar-refractivity contribution in [2.45, 2.75) is 13.0 Å². The van der Waals surface area contributed by atoms with Crippen molar-refractivity contribution in [2.75, 3.05) is 6.54 Å². The van der Waals surface area contributed by atoms with Gasteiger partial charge in [-0.25, -0.2) is 0 Å². The van der Waals surface area contributed by atoms with Gasteiger partial charge in [-0.15, -0.1) is 11.3 Å². The molecule has 2 rings (SSSR count). The average molecular weight is 260 g/mol. The fraction of sp³-hybridized carbons (Fsp3) is 0.214. The molecule has 0 saturated carbocycles. The minimum absolute atomic E-state index is 0.265. The van der Waals surface area contributed by atoms with Crippen molar-refractivity contribution < 1.29 is 4.79 Å². The Balaban J connectivity index is 1.89. The van der Waals surface area contributed by atoms with Crippen LogP contribution >= 0.6 is 11.3 Å². The summed E-state index contributed by atoms with van der Waals surface area (Å²) in [5, 5.41) is 3.21. The molecule has 0 aliphatic rings. The van der Waals surface area contributed by atoms with Crippen molar-refractivity contribution in [1.29, 1.82) is 0 Å². The van der Waals surface area contributed by atoms with Crippen LogP contribution in [0.4, 0.5) is 0 Å². The van der Waals surface area contributed by atoms with Gasteiger partial charge in [0.1, 0.15) is 0 Å². The molecule has 2 aromatic rings. The van der Waals surface area contributed by atoms with Gasteiger partial charge in [-0.3, -0.25) is 4.79 Å². The van der Waals surface area contributed by atoms with Crippen LogP contribution in [0, 0.1) is 0 Å². The van der Waals surface area contributed by atoms with E-state index in [9.17, 15) is 4.79 Å². The molecule has 1 aromatic heterocycles. The first-order valence-corrected chi connectivity index (χ1v) is 6.70. The van der Waals surface area contributed by atoms with Gasteiger partial charge in [0.05, 0.1) is 0 Å². The Morgan fingerprint density at radius 3 is 2.67 bits per heavy atom. The molecule has 0 atom stereocenters. The predicted molar refractivity (Wildman–Crippen MR) is 75.3 cm³/mol. The van der Waals surface area contributed by atoms with E-state index in [1.165, 1.54) is 15.3 Å². The van der Waals surface area contributed by atoms with E-state index in [4.69, 9.17) is 5.73 Å². The molecule has 1 aromatic carbocycles. The van der Waals surface area contributed by atoms with Gasteiger partial charge in [0, 0.05) is 29.3 Å². The number of primary amides is 1. The van der Waals surface area contributed by atoms with Crippen LogP contribution in [0.3, 0.4) is 0 Å². The number of amides is 1. The standard InChI is InChI=1S/C14H16N2OS/c15-14(17)8-9-16-10-12-6-7-13(18-12)11-4-2-1-3-5-11/h1-7,16H,8-10H2,(H2,15,17). The van der Waals surface area contributed by atoms with Crippen molar-refractivity contribution in [3.63, 3.8) is 0 Å². The van der Waals surface area contributed by atoms with Crippen molar-refractivity contribution >= 4 is 17.2 Å². The Hall–Kier alpha value is -1.65. The van der Waals surface area contributed by atoms with Crippen LogP contribution in [0.15, 0.2) is 42.5 Å². The molecule has 0 unspecified atom stereocenters. The highest BCUT2D eigenvalue weighted by molar-refractivity contribution is 7.15. The number of carbonyl (C=O) groups excluding carboxylic acids is 1. The largest absolute Gasteiger partial charge is 0.370 e. The Morgan fingerprint density at radius 1 is 1.17 bits per heavy atom. The molecule has 0 fully saturated rings. The van der Waals surface area contributed by atoms with Gasteiger partial charge in [0.2, 0.25) is 5.91 Å². The Labute approximate surface area is 111 Å². The number of hydrogen-bond donors (Lipinski definition) is 2. The lowest BCUT2D eigenvalue weighted by molar-refractivity contribution is -0.117. The number of rotatable bonds is 6. The highest BCUT2D eigenvalue weighted by atomic mass is 32.1. The van der Waals surface area contributed by atoms with Gasteiger partial charge in [-0.2, -0.15) is 0 Å². The fourth-order valence-corrected chi connectivity index (χ4v) is 2.64. The van der Waals surface area contributed by atoms with Gasteiger partial charge in [0.15, 0.2) is 0 Å². The minimum Gasteiger partial charge on any atom is -0.370 e. The fourth-order valence-electron chi connectivity index (χ4n) is 1.65. The van der Waals surface area contributed by atoms with Crippen LogP contribution in [0.25, 0.3) is 10.4 Å². The summed E-state index contributed by atoms with van der Waals surface area (Å²) in [6.45, 7) is 1.42. The van der Waals surface area contributed by atoms with Crippen LogP contribution in [0.1, 0.15) is 11.3 Å². The number of thiophene rings is 1. The second kappa shape index (κ2) is 6.33. The number of nitrogens with two attached hydrogens (primary N) is 1. The van der Waals surface area contributed by atoms with Crippen molar-refractivity contribution in [1.82, 2.24) is 5.32 Å². The molecule has 3 nitrogen and oxygen atoms in total. The molecular weight excluding hydrogens is 244 g/mol. The zero-order chi connectivity index (χ0) is 12.8. The zero-order valence-electron chi connectivity index (χ0n) is 10.1. The summed E-state index contributed by atoms with van der Waals surface area (Å²) in [5.74, 6) is -0.265. The van der Waals surface area contributed by atoms with Gasteiger partial charge >= 0.3 is 0 Å². The second-order valence-electron chi connectivity index (χ2n) is 4.03. The van der Waals surface area contributed by atoms with Crippen LogP contribution in [-0.4, -0.2) is 12.5 Å². The van der Waals surface area contributed by atoms with Gasteiger partial charge in [-0.05, 0) is 17.7 Å². The Bertz CT molecular complexity index is 508. The maximum Gasteiger partial charge on any atom is 0.218 e. The summed E-state index contributed by atoms with van der Waals surface area (Å²) in [4.78, 5) is 13.1. The molecule has 3 N–H and O–H groups in total. The van der Waals surface area contributed by atoms with E-state index in [1.807, 2.05) is 18.2 Å². The second-order valence-corrected chi connectivity index (χ2v) is 5.19. The first-order valence-electron chi connectivity index (χ1n) is 5.89. The lowest BCUT2D eigenvalue weighted by atomic mass is 10.2. The van der Waals surface area contributed by atoms with Crippen molar-refractivity contribution in [2.24, 2.45) is 5.73 Å². The lowest BCUT2D eigenvalue weighted by Crippen LogP contribution is -2.21. The third-order valence-electron chi connectivity index (χ3n) is 2.57. The molecule has 1 amide bonds. The van der Waals surface area contributed by atoms with Crippen LogP contribution in [0.2, 0.25) is 0 Å². The zero-order valence-corrected chi connectivity index (χ0v) is 10.9. The molecule has 0 aliphatic heterocycles. The molecule has 4 heteroatoms. The maximum atomic E-state index is 10.6. The highest BCUT2D eigenvalue weighted by Crippen LogP contribution is 2.27. The quantitative estimate of drug-likeness (QED) is 0.783. The lowest BCUT2D eigenvalue weighted by Gasteiger charge is -2.00. The van der Waals surface area contributed by atoms with E-state index < -0.39 is 0 Å². The Kier molecular flexibility index (Phi) is 4.50. The van der Waals surface area contributed by atoms with E-state index >= 15 is 0 Å². The first kappa shape index (κ1) is 12.8.